The van der Waals surface area contributed by atoms with E-state index in [2.05, 4.69) is 32.3 Å². The lowest BCUT2D eigenvalue weighted by atomic mass is 10.1. The highest BCUT2D eigenvalue weighted by atomic mass is 35.5. The Morgan fingerprint density at radius 1 is 1.06 bits per heavy atom. The predicted octanol–water partition coefficient (Wildman–Crippen LogP) is 5.55. The molecule has 1 aromatic carbocycles. The molecule has 1 saturated heterocycles. The van der Waals surface area contributed by atoms with Crippen molar-refractivity contribution in [3.63, 3.8) is 0 Å². The van der Waals surface area contributed by atoms with E-state index in [9.17, 15) is 4.79 Å². The summed E-state index contributed by atoms with van der Waals surface area (Å²) in [6, 6.07) is 14.2. The van der Waals surface area contributed by atoms with Crippen LogP contribution in [-0.4, -0.2) is 46.5 Å². The third-order valence-corrected chi connectivity index (χ3v) is 5.73. The summed E-state index contributed by atoms with van der Waals surface area (Å²) in [4.78, 5) is 22.9. The Morgan fingerprint density at radius 3 is 2.61 bits per heavy atom. The maximum absolute atomic E-state index is 12.6. The van der Waals surface area contributed by atoms with Crippen LogP contribution in [0.3, 0.4) is 0 Å². The van der Waals surface area contributed by atoms with E-state index in [1.165, 1.54) is 17.8 Å². The van der Waals surface area contributed by atoms with Gasteiger partial charge in [-0.15, -0.1) is 0 Å². The van der Waals surface area contributed by atoms with Crippen LogP contribution in [-0.2, 0) is 6.42 Å². The number of amides is 1. The maximum Gasteiger partial charge on any atom is 0.255 e. The molecule has 1 N–H and O–H groups in total. The van der Waals surface area contributed by atoms with Crippen LogP contribution >= 0.6 is 34.8 Å². The van der Waals surface area contributed by atoms with Gasteiger partial charge in [-0.3, -0.25) is 9.69 Å². The summed E-state index contributed by atoms with van der Waals surface area (Å²) < 4.78 is 6.01. The van der Waals surface area contributed by atoms with Crippen LogP contribution in [0.4, 0.5) is 5.69 Å². The molecular formula is C24H21Cl3N4O2. The number of hydrogen-bond donors (Lipinski definition) is 1. The molecule has 170 valence electrons. The van der Waals surface area contributed by atoms with Crippen molar-refractivity contribution in [3.8, 4) is 5.88 Å². The normalized spacial score (nSPS) is 14.3. The molecule has 0 bridgehead atoms. The number of allylic oxidation sites excluding steroid dienone is 1. The van der Waals surface area contributed by atoms with E-state index in [0.29, 0.717) is 17.1 Å². The average molecular weight is 504 g/mol. The first-order valence-electron chi connectivity index (χ1n) is 10.3. The van der Waals surface area contributed by atoms with Gasteiger partial charge in [0.05, 0.1) is 0 Å². The number of nitrogens with zero attached hydrogens (tertiary/aromatic N) is 3. The van der Waals surface area contributed by atoms with Crippen molar-refractivity contribution in [2.75, 3.05) is 25.0 Å². The molecule has 6 nitrogen and oxygen atoms in total. The second-order valence-electron chi connectivity index (χ2n) is 7.57. The Kier molecular flexibility index (Phi) is 7.83. The van der Waals surface area contributed by atoms with Gasteiger partial charge >= 0.3 is 0 Å². The molecule has 0 aliphatic carbocycles. The molecule has 2 aromatic heterocycles. The number of carbonyl (C=O) groups is 1. The monoisotopic (exact) mass is 502 g/mol. The van der Waals surface area contributed by atoms with Crippen LogP contribution in [0.5, 0.6) is 5.88 Å². The van der Waals surface area contributed by atoms with Gasteiger partial charge in [0.25, 0.3) is 5.91 Å². The van der Waals surface area contributed by atoms with Gasteiger partial charge in [0.2, 0.25) is 5.88 Å². The largest absolute Gasteiger partial charge is 0.470 e. The second kappa shape index (κ2) is 11.0. The van der Waals surface area contributed by atoms with Gasteiger partial charge in [-0.2, -0.15) is 4.98 Å². The Labute approximate surface area is 207 Å². The number of rotatable bonds is 8. The summed E-state index contributed by atoms with van der Waals surface area (Å²) in [6.45, 7) is 2.35. The molecule has 4 rings (SSSR count). The number of anilines is 1. The summed E-state index contributed by atoms with van der Waals surface area (Å²) >= 11 is 17.8. The van der Waals surface area contributed by atoms with Crippen molar-refractivity contribution in [2.24, 2.45) is 0 Å². The third-order valence-electron chi connectivity index (χ3n) is 5.06. The molecule has 0 radical (unpaired) electrons. The lowest BCUT2D eigenvalue weighted by Crippen LogP contribution is -2.53. The number of pyridine rings is 2. The summed E-state index contributed by atoms with van der Waals surface area (Å²) in [5.41, 5.74) is 2.05. The van der Waals surface area contributed by atoms with Gasteiger partial charge < -0.3 is 10.1 Å². The van der Waals surface area contributed by atoms with Crippen molar-refractivity contribution >= 4 is 46.4 Å². The highest BCUT2D eigenvalue weighted by Gasteiger charge is 2.29. The molecule has 0 unspecified atom stereocenters. The number of benzene rings is 1. The van der Waals surface area contributed by atoms with Gasteiger partial charge in [-0.25, -0.2) is 4.98 Å². The molecule has 0 saturated carbocycles. The van der Waals surface area contributed by atoms with Crippen LogP contribution in [0, 0.1) is 0 Å². The standard InChI is InChI=1S/C24H21Cl3N4O2/c25-18-6-4-16(5-7-18)3-1-2-12-31-14-19(15-31)33-24-20(8-9-21(26)30-24)29-23(32)17-10-11-28-22(27)13-17/h1-2,4-11,13,19H,3,12,14-15H2,(H,29,32)/b2-1+. The van der Waals surface area contributed by atoms with Gasteiger partial charge in [-0.1, -0.05) is 59.1 Å². The zero-order valence-corrected chi connectivity index (χ0v) is 19.8. The lowest BCUT2D eigenvalue weighted by Gasteiger charge is -2.38. The van der Waals surface area contributed by atoms with E-state index in [0.717, 1.165) is 31.1 Å². The SMILES string of the molecule is O=C(Nc1ccc(Cl)nc1OC1CN(C/C=C/Cc2ccc(Cl)cc2)C1)c1ccnc(Cl)c1. The van der Waals surface area contributed by atoms with Crippen LogP contribution in [0.1, 0.15) is 15.9 Å². The van der Waals surface area contributed by atoms with Crippen LogP contribution < -0.4 is 10.1 Å². The molecule has 1 aliphatic heterocycles. The zero-order chi connectivity index (χ0) is 23.2. The number of likely N-dealkylation sites (tertiary alicyclic amines) is 1. The van der Waals surface area contributed by atoms with E-state index in [1.54, 1.807) is 18.2 Å². The Bertz CT molecular complexity index is 1150. The first-order valence-corrected chi connectivity index (χ1v) is 11.5. The number of ether oxygens (including phenoxy) is 1. The van der Waals surface area contributed by atoms with E-state index in [4.69, 9.17) is 39.5 Å². The van der Waals surface area contributed by atoms with Crippen LogP contribution in [0.25, 0.3) is 0 Å². The van der Waals surface area contributed by atoms with Gasteiger partial charge in [0, 0.05) is 36.4 Å². The summed E-state index contributed by atoms with van der Waals surface area (Å²) in [7, 11) is 0. The van der Waals surface area contributed by atoms with E-state index in [-0.39, 0.29) is 22.3 Å². The molecule has 1 fully saturated rings. The quantitative estimate of drug-likeness (QED) is 0.322. The van der Waals surface area contributed by atoms with Crippen molar-refractivity contribution in [1.82, 2.24) is 14.9 Å². The molecule has 1 amide bonds. The van der Waals surface area contributed by atoms with Crippen molar-refractivity contribution in [1.29, 1.82) is 0 Å². The van der Waals surface area contributed by atoms with Crippen molar-refractivity contribution in [2.45, 2.75) is 12.5 Å². The first-order chi connectivity index (χ1) is 16.0. The summed E-state index contributed by atoms with van der Waals surface area (Å²) in [5.74, 6) is -0.0479. The predicted molar refractivity (Wildman–Crippen MR) is 132 cm³/mol. The summed E-state index contributed by atoms with van der Waals surface area (Å²) in [6.07, 6.45) is 6.60. The fourth-order valence-electron chi connectivity index (χ4n) is 3.31. The maximum atomic E-state index is 12.6. The zero-order valence-electron chi connectivity index (χ0n) is 17.5. The molecule has 33 heavy (non-hydrogen) atoms. The van der Waals surface area contributed by atoms with Crippen LogP contribution in [0.2, 0.25) is 15.3 Å². The van der Waals surface area contributed by atoms with Gasteiger partial charge in [-0.05, 0) is 48.4 Å². The van der Waals surface area contributed by atoms with Gasteiger partial charge in [0.15, 0.2) is 0 Å². The number of hydrogen-bond acceptors (Lipinski definition) is 5. The fourth-order valence-corrected chi connectivity index (χ4v) is 3.75. The van der Waals surface area contributed by atoms with Crippen molar-refractivity contribution < 1.29 is 9.53 Å². The third kappa shape index (κ3) is 6.68. The average Bonchev–Trinajstić information content (AvgIpc) is 2.77. The Hall–Kier alpha value is -2.64. The molecule has 1 aliphatic rings. The number of carbonyl (C=O) groups excluding carboxylic acids is 1. The molecule has 3 aromatic rings. The van der Waals surface area contributed by atoms with E-state index >= 15 is 0 Å². The lowest BCUT2D eigenvalue weighted by molar-refractivity contribution is 0.0257. The van der Waals surface area contributed by atoms with E-state index in [1.807, 2.05) is 24.3 Å². The van der Waals surface area contributed by atoms with Crippen molar-refractivity contribution in [3.05, 3.63) is 93.3 Å². The highest BCUT2D eigenvalue weighted by Crippen LogP contribution is 2.28. The second-order valence-corrected chi connectivity index (χ2v) is 8.78. The molecule has 3 heterocycles. The molecular weight excluding hydrogens is 483 g/mol. The van der Waals surface area contributed by atoms with E-state index < -0.39 is 0 Å². The highest BCUT2D eigenvalue weighted by molar-refractivity contribution is 6.30. The molecule has 9 heteroatoms. The molecule has 0 atom stereocenters. The smallest absolute Gasteiger partial charge is 0.255 e. The number of nitrogens with one attached hydrogen (secondary N) is 1. The number of halogens is 3. The topological polar surface area (TPSA) is 67.3 Å². The minimum atomic E-state index is -0.339. The molecule has 0 spiro atoms. The summed E-state index contributed by atoms with van der Waals surface area (Å²) in [5, 5.41) is 4.08. The Balaban J connectivity index is 1.28. The minimum absolute atomic E-state index is 0.0355. The van der Waals surface area contributed by atoms with Crippen LogP contribution in [0.15, 0.2) is 66.9 Å². The van der Waals surface area contributed by atoms with Gasteiger partial charge in [0.1, 0.15) is 22.1 Å². The fraction of sp³-hybridized carbons (Fsp3) is 0.208. The number of aromatic nitrogens is 2. The first kappa shape index (κ1) is 23.5. The minimum Gasteiger partial charge on any atom is -0.470 e. The Morgan fingerprint density at radius 2 is 1.85 bits per heavy atom.